The first-order valence-corrected chi connectivity index (χ1v) is 6.61. The molecular weight excluding hydrogens is 264 g/mol. The zero-order valence-electron chi connectivity index (χ0n) is 11.6. The van der Waals surface area contributed by atoms with Crippen molar-refractivity contribution in [3.63, 3.8) is 0 Å². The van der Waals surface area contributed by atoms with E-state index in [1.54, 1.807) is 0 Å². The molecule has 0 fully saturated rings. The van der Waals surface area contributed by atoms with Gasteiger partial charge in [0.25, 0.3) is 0 Å². The van der Waals surface area contributed by atoms with Gasteiger partial charge in [0.05, 0.1) is 7.11 Å². The minimum Gasteiger partial charge on any atom is -0.465 e. The van der Waals surface area contributed by atoms with Gasteiger partial charge in [-0.1, -0.05) is 48.5 Å². The standard InChI is InChI=1S/C18H14O3/c1-20-18(19)16-12-21-17-10-6-5-9-14(17)11-15(16)13-7-3-2-4-8-13/h2-12H,1H3. The van der Waals surface area contributed by atoms with Gasteiger partial charge in [0, 0.05) is 11.1 Å². The summed E-state index contributed by atoms with van der Waals surface area (Å²) in [5.74, 6) is 0.294. The van der Waals surface area contributed by atoms with E-state index < -0.39 is 5.97 Å². The molecule has 0 unspecified atom stereocenters. The van der Waals surface area contributed by atoms with Crippen LogP contribution < -0.4 is 4.74 Å². The smallest absolute Gasteiger partial charge is 0.341 e. The molecule has 1 aliphatic rings. The summed E-state index contributed by atoms with van der Waals surface area (Å²) < 4.78 is 10.5. The van der Waals surface area contributed by atoms with Crippen molar-refractivity contribution in [1.82, 2.24) is 0 Å². The Balaban J connectivity index is 2.18. The first kappa shape index (κ1) is 13.2. The summed E-state index contributed by atoms with van der Waals surface area (Å²) in [6.07, 6.45) is 3.40. The van der Waals surface area contributed by atoms with E-state index in [0.717, 1.165) is 16.7 Å². The molecule has 21 heavy (non-hydrogen) atoms. The SMILES string of the molecule is COC(=O)C1=COc2ccccc2C=C1c1ccccc1. The summed E-state index contributed by atoms with van der Waals surface area (Å²) in [6, 6.07) is 17.4. The summed E-state index contributed by atoms with van der Waals surface area (Å²) in [6.45, 7) is 0. The fourth-order valence-corrected chi connectivity index (χ4v) is 2.25. The van der Waals surface area contributed by atoms with Crippen LogP contribution in [0.1, 0.15) is 11.1 Å². The van der Waals surface area contributed by atoms with Crippen LogP contribution in [-0.4, -0.2) is 13.1 Å². The van der Waals surface area contributed by atoms with Crippen molar-refractivity contribution >= 4 is 17.6 Å². The lowest BCUT2D eigenvalue weighted by atomic mass is 9.96. The molecule has 0 spiro atoms. The van der Waals surface area contributed by atoms with Gasteiger partial charge in [0.1, 0.15) is 17.6 Å². The number of hydrogen-bond acceptors (Lipinski definition) is 3. The van der Waals surface area contributed by atoms with Crippen molar-refractivity contribution in [2.24, 2.45) is 0 Å². The molecule has 0 aromatic heterocycles. The Morgan fingerprint density at radius 1 is 1.00 bits per heavy atom. The molecule has 3 nitrogen and oxygen atoms in total. The first-order valence-electron chi connectivity index (χ1n) is 6.61. The van der Waals surface area contributed by atoms with Crippen LogP contribution >= 0.6 is 0 Å². The molecule has 0 aliphatic carbocycles. The Kier molecular flexibility index (Phi) is 3.56. The van der Waals surface area contributed by atoms with Crippen molar-refractivity contribution in [3.8, 4) is 5.75 Å². The third-order valence-corrected chi connectivity index (χ3v) is 3.30. The Hall–Kier alpha value is -2.81. The Morgan fingerprint density at radius 2 is 1.71 bits per heavy atom. The monoisotopic (exact) mass is 278 g/mol. The number of hydrogen-bond donors (Lipinski definition) is 0. The Bertz CT molecular complexity index is 727. The average molecular weight is 278 g/mol. The Morgan fingerprint density at radius 3 is 2.48 bits per heavy atom. The molecule has 2 aromatic carbocycles. The van der Waals surface area contributed by atoms with Crippen molar-refractivity contribution in [1.29, 1.82) is 0 Å². The van der Waals surface area contributed by atoms with Gasteiger partial charge in [-0.05, 0) is 17.7 Å². The maximum atomic E-state index is 12.0. The second kappa shape index (κ2) is 5.67. The molecule has 0 saturated carbocycles. The van der Waals surface area contributed by atoms with Crippen LogP contribution in [0.5, 0.6) is 5.75 Å². The highest BCUT2D eigenvalue weighted by atomic mass is 16.5. The largest absolute Gasteiger partial charge is 0.465 e. The second-order valence-corrected chi connectivity index (χ2v) is 4.60. The lowest BCUT2D eigenvalue weighted by molar-refractivity contribution is -0.135. The van der Waals surface area contributed by atoms with Crippen molar-refractivity contribution < 1.29 is 14.3 Å². The highest BCUT2D eigenvalue weighted by molar-refractivity contribution is 6.10. The van der Waals surface area contributed by atoms with Crippen molar-refractivity contribution in [2.75, 3.05) is 7.11 Å². The lowest BCUT2D eigenvalue weighted by Crippen LogP contribution is -2.07. The summed E-state index contributed by atoms with van der Waals surface area (Å²) in [7, 11) is 1.36. The van der Waals surface area contributed by atoms with E-state index >= 15 is 0 Å². The van der Waals surface area contributed by atoms with Gasteiger partial charge >= 0.3 is 5.97 Å². The Labute approximate surface area is 123 Å². The van der Waals surface area contributed by atoms with E-state index in [1.165, 1.54) is 13.4 Å². The van der Waals surface area contributed by atoms with Crippen LogP contribution in [0.4, 0.5) is 0 Å². The van der Waals surface area contributed by atoms with Crippen LogP contribution in [0.2, 0.25) is 0 Å². The number of carbonyl (C=O) groups excluding carboxylic acids is 1. The maximum Gasteiger partial charge on any atom is 0.341 e. The fraction of sp³-hybridized carbons (Fsp3) is 0.0556. The van der Waals surface area contributed by atoms with E-state index in [2.05, 4.69) is 0 Å². The zero-order chi connectivity index (χ0) is 14.7. The summed E-state index contributed by atoms with van der Waals surface area (Å²) >= 11 is 0. The fourth-order valence-electron chi connectivity index (χ4n) is 2.25. The normalized spacial score (nSPS) is 13.2. The summed E-state index contributed by atoms with van der Waals surface area (Å²) in [5, 5.41) is 0. The van der Waals surface area contributed by atoms with Crippen molar-refractivity contribution in [3.05, 3.63) is 77.6 Å². The summed E-state index contributed by atoms with van der Waals surface area (Å²) in [4.78, 5) is 12.0. The molecular formula is C18H14O3. The number of esters is 1. The first-order chi connectivity index (χ1) is 10.3. The van der Waals surface area contributed by atoms with E-state index in [1.807, 2.05) is 60.7 Å². The van der Waals surface area contributed by atoms with Crippen LogP contribution in [0.3, 0.4) is 0 Å². The molecule has 0 amide bonds. The van der Waals surface area contributed by atoms with Gasteiger partial charge in [-0.2, -0.15) is 0 Å². The second-order valence-electron chi connectivity index (χ2n) is 4.60. The van der Waals surface area contributed by atoms with Crippen LogP contribution in [0.25, 0.3) is 11.6 Å². The number of carbonyl (C=O) groups is 1. The molecule has 0 bridgehead atoms. The van der Waals surface area contributed by atoms with Gasteiger partial charge in [0.15, 0.2) is 0 Å². The van der Waals surface area contributed by atoms with Crippen LogP contribution in [0, 0.1) is 0 Å². The molecule has 2 aromatic rings. The number of fused-ring (bicyclic) bond motifs is 1. The van der Waals surface area contributed by atoms with E-state index in [0.29, 0.717) is 11.3 Å². The van der Waals surface area contributed by atoms with Gasteiger partial charge in [-0.15, -0.1) is 0 Å². The number of para-hydroxylation sites is 1. The van der Waals surface area contributed by atoms with Gasteiger partial charge in [0.2, 0.25) is 0 Å². The highest BCUT2D eigenvalue weighted by Crippen LogP contribution is 2.33. The summed E-state index contributed by atoms with van der Waals surface area (Å²) in [5.41, 5.74) is 3.05. The average Bonchev–Trinajstić information content (AvgIpc) is 2.74. The molecule has 3 heteroatoms. The van der Waals surface area contributed by atoms with E-state index in [-0.39, 0.29) is 0 Å². The molecule has 104 valence electrons. The number of ether oxygens (including phenoxy) is 2. The van der Waals surface area contributed by atoms with E-state index in [4.69, 9.17) is 9.47 Å². The minimum absolute atomic E-state index is 0.403. The number of methoxy groups -OCH3 is 1. The molecule has 0 saturated heterocycles. The lowest BCUT2D eigenvalue weighted by Gasteiger charge is -2.08. The molecule has 0 N–H and O–H groups in total. The minimum atomic E-state index is -0.419. The van der Waals surface area contributed by atoms with Crippen molar-refractivity contribution in [2.45, 2.75) is 0 Å². The topological polar surface area (TPSA) is 35.5 Å². The zero-order valence-corrected chi connectivity index (χ0v) is 11.6. The molecule has 1 heterocycles. The molecule has 1 aliphatic heterocycles. The third kappa shape index (κ3) is 2.58. The van der Waals surface area contributed by atoms with Gasteiger partial charge in [-0.25, -0.2) is 4.79 Å². The van der Waals surface area contributed by atoms with Crippen LogP contribution in [-0.2, 0) is 9.53 Å². The third-order valence-electron chi connectivity index (χ3n) is 3.30. The quantitative estimate of drug-likeness (QED) is 0.786. The maximum absolute atomic E-state index is 12.0. The molecule has 3 rings (SSSR count). The number of benzene rings is 2. The van der Waals surface area contributed by atoms with E-state index in [9.17, 15) is 4.79 Å². The van der Waals surface area contributed by atoms with Crippen LogP contribution in [0.15, 0.2) is 66.4 Å². The predicted octanol–water partition coefficient (Wildman–Crippen LogP) is 3.68. The van der Waals surface area contributed by atoms with Gasteiger partial charge in [-0.3, -0.25) is 0 Å². The number of rotatable bonds is 2. The highest BCUT2D eigenvalue weighted by Gasteiger charge is 2.20. The molecule has 0 radical (unpaired) electrons. The molecule has 0 atom stereocenters. The van der Waals surface area contributed by atoms with Gasteiger partial charge < -0.3 is 9.47 Å². The predicted molar refractivity (Wildman–Crippen MR) is 81.5 cm³/mol.